The lowest BCUT2D eigenvalue weighted by Gasteiger charge is -2.04. The Morgan fingerprint density at radius 3 is 2.74 bits per heavy atom. The summed E-state index contributed by atoms with van der Waals surface area (Å²) in [7, 11) is 1.42. The normalized spacial score (nSPS) is 10.7. The van der Waals surface area contributed by atoms with Gasteiger partial charge in [0.2, 0.25) is 0 Å². The minimum atomic E-state index is -0.456. The molecule has 4 N–H and O–H groups in total. The number of ether oxygens (including phenoxy) is 1. The summed E-state index contributed by atoms with van der Waals surface area (Å²) in [5.74, 6) is 6.57. The molecule has 1 aromatic carbocycles. The molecule has 1 heterocycles. The first kappa shape index (κ1) is 13.2. The number of rotatable bonds is 4. The molecule has 2 rings (SSSR count). The Kier molecular flexibility index (Phi) is 3.59. The van der Waals surface area contributed by atoms with Crippen molar-refractivity contribution in [1.82, 2.24) is 9.66 Å². The maximum absolute atomic E-state index is 13.7. The quantitative estimate of drug-likeness (QED) is 0.827. The summed E-state index contributed by atoms with van der Waals surface area (Å²) in [6, 6.07) is 4.59. The molecule has 0 aliphatic carbocycles. The van der Waals surface area contributed by atoms with Gasteiger partial charge in [-0.3, -0.25) is 0 Å². The number of imidazole rings is 1. The van der Waals surface area contributed by atoms with Gasteiger partial charge in [0.1, 0.15) is 11.5 Å². The van der Waals surface area contributed by atoms with E-state index in [1.807, 2.05) is 6.92 Å². The Morgan fingerprint density at radius 1 is 1.42 bits per heavy atom. The van der Waals surface area contributed by atoms with Crippen molar-refractivity contribution in [3.8, 4) is 17.0 Å². The van der Waals surface area contributed by atoms with Crippen LogP contribution in [0.15, 0.2) is 18.2 Å². The molecule has 5 nitrogen and oxygen atoms in total. The lowest BCUT2D eigenvalue weighted by Crippen LogP contribution is -2.15. The molecule has 0 bridgehead atoms. The van der Waals surface area contributed by atoms with Crippen molar-refractivity contribution in [3.05, 3.63) is 29.8 Å². The maximum atomic E-state index is 13.7. The van der Waals surface area contributed by atoms with E-state index in [0.717, 1.165) is 12.8 Å². The van der Waals surface area contributed by atoms with Gasteiger partial charge in [-0.25, -0.2) is 14.1 Å². The number of nitrogen functional groups attached to an aromatic ring is 2. The highest BCUT2D eigenvalue weighted by Crippen LogP contribution is 2.29. The van der Waals surface area contributed by atoms with Crippen LogP contribution in [0.25, 0.3) is 11.3 Å². The minimum Gasteiger partial charge on any atom is -0.494 e. The monoisotopic (exact) mass is 264 g/mol. The van der Waals surface area contributed by atoms with Crippen LogP contribution < -0.4 is 16.3 Å². The second-order valence-electron chi connectivity index (χ2n) is 4.23. The van der Waals surface area contributed by atoms with Crippen LogP contribution in [-0.4, -0.2) is 16.8 Å². The number of anilines is 1. The Bertz CT molecular complexity index is 595. The predicted molar refractivity (Wildman–Crippen MR) is 72.7 cm³/mol. The van der Waals surface area contributed by atoms with Crippen LogP contribution in [0.5, 0.6) is 5.75 Å². The Balaban J connectivity index is 2.47. The van der Waals surface area contributed by atoms with Crippen molar-refractivity contribution in [2.45, 2.75) is 19.8 Å². The zero-order valence-corrected chi connectivity index (χ0v) is 11.0. The number of hydrogen-bond donors (Lipinski definition) is 2. The molecule has 1 aromatic heterocycles. The van der Waals surface area contributed by atoms with Gasteiger partial charge in [-0.2, -0.15) is 0 Å². The van der Waals surface area contributed by atoms with Gasteiger partial charge in [-0.15, -0.1) is 0 Å². The number of nitrogens with two attached hydrogens (primary N) is 2. The molecule has 102 valence electrons. The molecule has 0 saturated carbocycles. The standard InChI is InChI=1S/C13H17FN4O/c1-3-4-11-17-12(13(15)18(11)16)8-5-6-10(19-2)9(14)7-8/h5-7H,3-4,15-16H2,1-2H3. The lowest BCUT2D eigenvalue weighted by molar-refractivity contribution is 0.386. The summed E-state index contributed by atoms with van der Waals surface area (Å²) in [5, 5.41) is 0. The second-order valence-corrected chi connectivity index (χ2v) is 4.23. The fourth-order valence-corrected chi connectivity index (χ4v) is 1.92. The third-order valence-electron chi connectivity index (χ3n) is 2.92. The molecule has 0 fully saturated rings. The van der Waals surface area contributed by atoms with Crippen LogP contribution in [0.4, 0.5) is 10.2 Å². The van der Waals surface area contributed by atoms with Crippen molar-refractivity contribution in [2.24, 2.45) is 0 Å². The van der Waals surface area contributed by atoms with E-state index < -0.39 is 5.82 Å². The third kappa shape index (κ3) is 2.33. The number of nitrogens with zero attached hydrogens (tertiary/aromatic N) is 2. The summed E-state index contributed by atoms with van der Waals surface area (Å²) < 4.78 is 19.9. The van der Waals surface area contributed by atoms with Crippen LogP contribution in [-0.2, 0) is 6.42 Å². The Labute approximate surface area is 111 Å². The molecule has 0 amide bonds. The maximum Gasteiger partial charge on any atom is 0.165 e. The van der Waals surface area contributed by atoms with Crippen LogP contribution >= 0.6 is 0 Å². The van der Waals surface area contributed by atoms with E-state index in [0.29, 0.717) is 22.9 Å². The number of hydrogen-bond acceptors (Lipinski definition) is 4. The van der Waals surface area contributed by atoms with Gasteiger partial charge in [0, 0.05) is 12.0 Å². The van der Waals surface area contributed by atoms with E-state index in [2.05, 4.69) is 4.98 Å². The Hall–Kier alpha value is -2.24. The van der Waals surface area contributed by atoms with E-state index in [-0.39, 0.29) is 5.75 Å². The van der Waals surface area contributed by atoms with E-state index in [9.17, 15) is 4.39 Å². The summed E-state index contributed by atoms with van der Waals surface area (Å²) in [5.41, 5.74) is 6.98. The Morgan fingerprint density at radius 2 is 2.16 bits per heavy atom. The molecule has 0 aliphatic heterocycles. The minimum absolute atomic E-state index is 0.184. The second kappa shape index (κ2) is 5.17. The molecular weight excluding hydrogens is 247 g/mol. The molecular formula is C13H17FN4O. The first-order valence-corrected chi connectivity index (χ1v) is 6.04. The fourth-order valence-electron chi connectivity index (χ4n) is 1.92. The number of benzene rings is 1. The van der Waals surface area contributed by atoms with Gasteiger partial charge in [-0.05, 0) is 24.6 Å². The van der Waals surface area contributed by atoms with Crippen LogP contribution in [0.3, 0.4) is 0 Å². The zero-order chi connectivity index (χ0) is 14.0. The van der Waals surface area contributed by atoms with Crippen LogP contribution in [0, 0.1) is 5.82 Å². The van der Waals surface area contributed by atoms with Crippen LogP contribution in [0.1, 0.15) is 19.2 Å². The molecule has 6 heteroatoms. The summed E-state index contributed by atoms with van der Waals surface area (Å²) in [6.45, 7) is 2.03. The van der Waals surface area contributed by atoms with E-state index in [1.54, 1.807) is 12.1 Å². The molecule has 2 aromatic rings. The van der Waals surface area contributed by atoms with Crippen molar-refractivity contribution in [1.29, 1.82) is 0 Å². The number of halogens is 1. The molecule has 0 aliphatic rings. The molecule has 19 heavy (non-hydrogen) atoms. The summed E-state index contributed by atoms with van der Waals surface area (Å²) >= 11 is 0. The van der Waals surface area contributed by atoms with Gasteiger partial charge in [0.15, 0.2) is 17.4 Å². The van der Waals surface area contributed by atoms with Gasteiger partial charge in [0.25, 0.3) is 0 Å². The van der Waals surface area contributed by atoms with Gasteiger partial charge in [-0.1, -0.05) is 6.92 Å². The molecule has 0 saturated heterocycles. The molecule has 0 atom stereocenters. The van der Waals surface area contributed by atoms with E-state index in [1.165, 1.54) is 17.9 Å². The first-order chi connectivity index (χ1) is 9.08. The largest absolute Gasteiger partial charge is 0.494 e. The SMILES string of the molecule is CCCc1nc(-c2ccc(OC)c(F)c2)c(N)n1N. The van der Waals surface area contributed by atoms with Crippen molar-refractivity contribution in [2.75, 3.05) is 18.7 Å². The molecule has 0 spiro atoms. The predicted octanol–water partition coefficient (Wildman–Crippen LogP) is 1.95. The summed E-state index contributed by atoms with van der Waals surface area (Å²) in [4.78, 5) is 4.37. The van der Waals surface area contributed by atoms with E-state index >= 15 is 0 Å². The number of methoxy groups -OCH3 is 1. The number of aryl methyl sites for hydroxylation is 1. The van der Waals surface area contributed by atoms with Crippen molar-refractivity contribution in [3.63, 3.8) is 0 Å². The lowest BCUT2D eigenvalue weighted by atomic mass is 10.1. The average Bonchev–Trinajstić information content (AvgIpc) is 2.67. The topological polar surface area (TPSA) is 79.1 Å². The smallest absolute Gasteiger partial charge is 0.165 e. The van der Waals surface area contributed by atoms with E-state index in [4.69, 9.17) is 16.3 Å². The van der Waals surface area contributed by atoms with Gasteiger partial charge in [0.05, 0.1) is 7.11 Å². The zero-order valence-electron chi connectivity index (χ0n) is 11.0. The highest BCUT2D eigenvalue weighted by Gasteiger charge is 2.15. The van der Waals surface area contributed by atoms with Gasteiger partial charge >= 0.3 is 0 Å². The highest BCUT2D eigenvalue weighted by molar-refractivity contribution is 5.71. The van der Waals surface area contributed by atoms with Gasteiger partial charge < -0.3 is 16.3 Å². The highest BCUT2D eigenvalue weighted by atomic mass is 19.1. The molecule has 0 unspecified atom stereocenters. The van der Waals surface area contributed by atoms with Crippen molar-refractivity contribution >= 4 is 5.82 Å². The average molecular weight is 264 g/mol. The third-order valence-corrected chi connectivity index (χ3v) is 2.92. The fraction of sp³-hybridized carbons (Fsp3) is 0.308. The molecule has 0 radical (unpaired) electrons. The van der Waals surface area contributed by atoms with Crippen LogP contribution in [0.2, 0.25) is 0 Å². The summed E-state index contributed by atoms with van der Waals surface area (Å²) in [6.07, 6.45) is 1.63. The first-order valence-electron chi connectivity index (χ1n) is 6.04. The number of aromatic nitrogens is 2. The van der Waals surface area contributed by atoms with Crippen molar-refractivity contribution < 1.29 is 9.13 Å².